The number of anilines is 2. The molecule has 0 aliphatic carbocycles. The molecule has 42 heavy (non-hydrogen) atoms. The molecule has 0 radical (unpaired) electrons. The molecule has 1 aromatic rings. The van der Waals surface area contributed by atoms with Gasteiger partial charge in [0.15, 0.2) is 0 Å². The van der Waals surface area contributed by atoms with Gasteiger partial charge in [0.25, 0.3) is 0 Å². The first kappa shape index (κ1) is 34.6. The Morgan fingerprint density at radius 3 is 1.64 bits per heavy atom. The van der Waals surface area contributed by atoms with Crippen LogP contribution in [0.5, 0.6) is 5.88 Å². The molecule has 2 saturated heterocycles. The molecule has 2 fully saturated rings. The van der Waals surface area contributed by atoms with E-state index in [2.05, 4.69) is 116 Å². The standard InChI is InChI=1S/C35H64N6O/c1-14-17-19-40(27-23-32(4,5)38(12)33(6,7)24-27)29-22-30(42-21-16-3)37-31(36-29)41(20-18-15-2)28-25-34(8,9)39(13)35(10,11)26-28/h16,22,27-28H,3,14-15,17-21,23-26H2,1-2,4-13H3. The van der Waals surface area contributed by atoms with Crippen molar-refractivity contribution in [3.8, 4) is 5.88 Å². The van der Waals surface area contributed by atoms with Crippen molar-refractivity contribution >= 4 is 11.8 Å². The maximum absolute atomic E-state index is 6.18. The highest BCUT2D eigenvalue weighted by molar-refractivity contribution is 5.50. The van der Waals surface area contributed by atoms with Crippen LogP contribution in [0.4, 0.5) is 11.8 Å². The number of piperidine rings is 2. The second kappa shape index (κ2) is 13.4. The van der Waals surface area contributed by atoms with Crippen molar-refractivity contribution in [3.63, 3.8) is 0 Å². The first-order valence-electron chi connectivity index (χ1n) is 16.6. The van der Waals surface area contributed by atoms with Crippen LogP contribution in [0.25, 0.3) is 0 Å². The smallest absolute Gasteiger partial charge is 0.230 e. The quantitative estimate of drug-likeness (QED) is 0.222. The Hall–Kier alpha value is -1.86. The first-order chi connectivity index (χ1) is 19.5. The summed E-state index contributed by atoms with van der Waals surface area (Å²) in [5, 5.41) is 0. The first-order valence-corrected chi connectivity index (χ1v) is 16.6. The van der Waals surface area contributed by atoms with Gasteiger partial charge in [-0.1, -0.05) is 39.3 Å². The predicted molar refractivity (Wildman–Crippen MR) is 180 cm³/mol. The van der Waals surface area contributed by atoms with Crippen molar-refractivity contribution in [2.75, 3.05) is 43.6 Å². The molecule has 0 N–H and O–H groups in total. The summed E-state index contributed by atoms with van der Waals surface area (Å²) in [5.41, 5.74) is 0.338. The topological polar surface area (TPSA) is 48.0 Å². The number of hydrogen-bond acceptors (Lipinski definition) is 7. The van der Waals surface area contributed by atoms with E-state index in [1.54, 1.807) is 6.08 Å². The second-order valence-electron chi connectivity index (χ2n) is 15.5. The number of unbranched alkanes of at least 4 members (excludes halogenated alkanes) is 2. The molecule has 3 heterocycles. The molecule has 7 heteroatoms. The van der Waals surface area contributed by atoms with Gasteiger partial charge >= 0.3 is 0 Å². The Kier molecular flexibility index (Phi) is 11.1. The molecule has 0 spiro atoms. The summed E-state index contributed by atoms with van der Waals surface area (Å²) in [6.45, 7) is 29.9. The predicted octanol–water partition coefficient (Wildman–Crippen LogP) is 7.56. The third-order valence-electron chi connectivity index (χ3n) is 10.5. The lowest BCUT2D eigenvalue weighted by Crippen LogP contribution is -2.63. The molecule has 240 valence electrons. The summed E-state index contributed by atoms with van der Waals surface area (Å²) in [7, 11) is 4.56. The minimum atomic E-state index is 0.0785. The van der Waals surface area contributed by atoms with E-state index in [0.29, 0.717) is 24.6 Å². The Morgan fingerprint density at radius 1 is 0.786 bits per heavy atom. The summed E-state index contributed by atoms with van der Waals surface area (Å²) < 4.78 is 6.18. The highest BCUT2D eigenvalue weighted by Gasteiger charge is 2.47. The molecule has 7 nitrogen and oxygen atoms in total. The summed E-state index contributed by atoms with van der Waals surface area (Å²) in [4.78, 5) is 20.8. The minimum Gasteiger partial charge on any atom is -0.473 e. The van der Waals surface area contributed by atoms with E-state index in [0.717, 1.165) is 76.2 Å². The van der Waals surface area contributed by atoms with Gasteiger partial charge in [-0.2, -0.15) is 9.97 Å². The maximum atomic E-state index is 6.18. The zero-order valence-electron chi connectivity index (χ0n) is 29.4. The maximum Gasteiger partial charge on any atom is 0.230 e. The molecule has 1 aromatic heterocycles. The van der Waals surface area contributed by atoms with Gasteiger partial charge in [0.1, 0.15) is 12.4 Å². The van der Waals surface area contributed by atoms with E-state index in [9.17, 15) is 0 Å². The van der Waals surface area contributed by atoms with Crippen molar-refractivity contribution in [1.29, 1.82) is 0 Å². The van der Waals surface area contributed by atoms with Crippen LogP contribution >= 0.6 is 0 Å². The van der Waals surface area contributed by atoms with Crippen molar-refractivity contribution in [1.82, 2.24) is 19.8 Å². The third kappa shape index (κ3) is 7.80. The fourth-order valence-electron chi connectivity index (χ4n) is 7.56. The zero-order valence-corrected chi connectivity index (χ0v) is 29.4. The zero-order chi connectivity index (χ0) is 31.5. The summed E-state index contributed by atoms with van der Waals surface area (Å²) in [6, 6.07) is 2.82. The van der Waals surface area contributed by atoms with E-state index in [1.807, 2.05) is 0 Å². The van der Waals surface area contributed by atoms with Gasteiger partial charge in [-0.25, -0.2) is 0 Å². The van der Waals surface area contributed by atoms with Crippen LogP contribution in [-0.2, 0) is 0 Å². The van der Waals surface area contributed by atoms with Crippen LogP contribution < -0.4 is 14.5 Å². The van der Waals surface area contributed by atoms with Gasteiger partial charge in [-0.05, 0) is 108 Å². The average Bonchev–Trinajstić information content (AvgIpc) is 2.89. The molecule has 2 aliphatic heterocycles. The SMILES string of the molecule is C=CCOc1cc(N(CCCC)C2CC(C)(C)N(C)C(C)(C)C2)nc(N(CCCC)C2CC(C)(C)N(C)C(C)(C)C2)n1. The Labute approximate surface area is 259 Å². The lowest BCUT2D eigenvalue weighted by atomic mass is 9.77. The van der Waals surface area contributed by atoms with E-state index in [1.165, 1.54) is 0 Å². The molecule has 0 atom stereocenters. The minimum absolute atomic E-state index is 0.0785. The number of ether oxygens (including phenoxy) is 1. The van der Waals surface area contributed by atoms with Gasteiger partial charge in [0.2, 0.25) is 11.8 Å². The molecular weight excluding hydrogens is 520 g/mol. The van der Waals surface area contributed by atoms with E-state index in [-0.39, 0.29) is 22.2 Å². The lowest BCUT2D eigenvalue weighted by Gasteiger charge is -2.56. The van der Waals surface area contributed by atoms with Crippen LogP contribution in [0.2, 0.25) is 0 Å². The molecule has 2 aliphatic rings. The van der Waals surface area contributed by atoms with Crippen LogP contribution in [-0.4, -0.2) is 87.8 Å². The summed E-state index contributed by atoms with van der Waals surface area (Å²) >= 11 is 0. The van der Waals surface area contributed by atoms with Crippen LogP contribution in [0.15, 0.2) is 18.7 Å². The van der Waals surface area contributed by atoms with Crippen LogP contribution in [0, 0.1) is 0 Å². The van der Waals surface area contributed by atoms with Crippen LogP contribution in [0.3, 0.4) is 0 Å². The summed E-state index contributed by atoms with van der Waals surface area (Å²) in [5.74, 6) is 2.46. The van der Waals surface area contributed by atoms with E-state index >= 15 is 0 Å². The molecule has 0 bridgehead atoms. The van der Waals surface area contributed by atoms with Gasteiger partial charge in [0.05, 0.1) is 0 Å². The Morgan fingerprint density at radius 2 is 1.21 bits per heavy atom. The number of nitrogens with zero attached hydrogens (tertiary/aromatic N) is 6. The van der Waals surface area contributed by atoms with Crippen molar-refractivity contribution in [2.24, 2.45) is 0 Å². The fraction of sp³-hybridized carbons (Fsp3) is 0.829. The van der Waals surface area contributed by atoms with Gasteiger partial charge in [-0.3, -0.25) is 9.80 Å². The van der Waals surface area contributed by atoms with Crippen molar-refractivity contribution < 1.29 is 4.74 Å². The summed E-state index contributed by atoms with van der Waals surface area (Å²) in [6.07, 6.45) is 10.7. The second-order valence-corrected chi connectivity index (χ2v) is 15.5. The van der Waals surface area contributed by atoms with E-state index in [4.69, 9.17) is 14.7 Å². The molecule has 0 aromatic carbocycles. The molecule has 0 amide bonds. The largest absolute Gasteiger partial charge is 0.473 e. The van der Waals surface area contributed by atoms with Gasteiger partial charge in [-0.15, -0.1) is 0 Å². The highest BCUT2D eigenvalue weighted by Crippen LogP contribution is 2.42. The molecule has 0 saturated carbocycles. The molecular formula is C35H64N6O. The number of likely N-dealkylation sites (tertiary alicyclic amines) is 2. The fourth-order valence-corrected chi connectivity index (χ4v) is 7.56. The Bertz CT molecular complexity index is 926. The van der Waals surface area contributed by atoms with E-state index < -0.39 is 0 Å². The number of hydrogen-bond donors (Lipinski definition) is 0. The van der Waals surface area contributed by atoms with Gasteiger partial charge < -0.3 is 14.5 Å². The Balaban J connectivity index is 2.13. The molecule has 3 rings (SSSR count). The lowest BCUT2D eigenvalue weighted by molar-refractivity contribution is -0.0129. The molecule has 0 unspecified atom stereocenters. The van der Waals surface area contributed by atoms with Crippen molar-refractivity contribution in [2.45, 2.75) is 155 Å². The number of aromatic nitrogens is 2. The van der Waals surface area contributed by atoms with Crippen molar-refractivity contribution in [3.05, 3.63) is 18.7 Å². The normalized spacial score (nSPS) is 22.6. The number of rotatable bonds is 13. The highest BCUT2D eigenvalue weighted by atomic mass is 16.5. The van der Waals surface area contributed by atoms with Gasteiger partial charge in [0, 0.05) is 53.4 Å². The van der Waals surface area contributed by atoms with Crippen LogP contribution in [0.1, 0.15) is 121 Å². The average molecular weight is 585 g/mol. The third-order valence-corrected chi connectivity index (χ3v) is 10.5. The monoisotopic (exact) mass is 585 g/mol.